The van der Waals surface area contributed by atoms with Crippen molar-refractivity contribution in [3.8, 4) is 17.5 Å². The van der Waals surface area contributed by atoms with Crippen molar-refractivity contribution in [2.24, 2.45) is 0 Å². The van der Waals surface area contributed by atoms with E-state index >= 15 is 0 Å². The number of thiazole rings is 1. The van der Waals surface area contributed by atoms with Gasteiger partial charge in [0.25, 0.3) is 0 Å². The Bertz CT molecular complexity index is 986. The third kappa shape index (κ3) is 4.02. The predicted molar refractivity (Wildman–Crippen MR) is 117 cm³/mol. The molecular weight excluding hydrogens is 384 g/mol. The van der Waals surface area contributed by atoms with Crippen LogP contribution in [0.15, 0.2) is 36.4 Å². The Morgan fingerprint density at radius 2 is 1.86 bits per heavy atom. The highest BCUT2D eigenvalue weighted by atomic mass is 32.1. The molecule has 0 spiro atoms. The third-order valence-electron chi connectivity index (χ3n) is 5.82. The molecule has 2 fully saturated rings. The highest BCUT2D eigenvalue weighted by molar-refractivity contribution is 7.22. The number of aromatic nitrogens is 2. The second-order valence-corrected chi connectivity index (χ2v) is 8.74. The lowest BCUT2D eigenvalue weighted by Gasteiger charge is -2.32. The van der Waals surface area contributed by atoms with Gasteiger partial charge in [0, 0.05) is 37.3 Å². The summed E-state index contributed by atoms with van der Waals surface area (Å²) >= 11 is 1.75. The van der Waals surface area contributed by atoms with Gasteiger partial charge < -0.3 is 14.4 Å². The molecule has 1 atom stereocenters. The van der Waals surface area contributed by atoms with Gasteiger partial charge >= 0.3 is 0 Å². The zero-order valence-corrected chi connectivity index (χ0v) is 17.5. The number of nitrogens with zero attached hydrogens (tertiary/aromatic N) is 4. The normalized spacial score (nSPS) is 20.3. The van der Waals surface area contributed by atoms with Crippen LogP contribution in [0.3, 0.4) is 0 Å². The van der Waals surface area contributed by atoms with Gasteiger partial charge in [-0.3, -0.25) is 4.90 Å². The first-order chi connectivity index (χ1) is 14.3. The first-order valence-corrected chi connectivity index (χ1v) is 11.2. The molecule has 0 aliphatic carbocycles. The fourth-order valence-corrected chi connectivity index (χ4v) is 5.30. The number of ether oxygens (including phenoxy) is 2. The van der Waals surface area contributed by atoms with Crippen molar-refractivity contribution in [2.45, 2.75) is 31.7 Å². The molecule has 0 bridgehead atoms. The molecule has 0 N–H and O–H groups in total. The molecule has 2 aliphatic rings. The molecular formula is C22H26N4O2S. The zero-order valence-electron chi connectivity index (χ0n) is 16.7. The summed E-state index contributed by atoms with van der Waals surface area (Å²) in [6, 6.07) is 12.2. The summed E-state index contributed by atoms with van der Waals surface area (Å²) < 4.78 is 12.2. The van der Waals surface area contributed by atoms with Gasteiger partial charge in [-0.05, 0) is 44.5 Å². The van der Waals surface area contributed by atoms with Crippen molar-refractivity contribution in [1.29, 1.82) is 0 Å². The summed E-state index contributed by atoms with van der Waals surface area (Å²) in [6.07, 6.45) is 5.33. The Kier molecular flexibility index (Phi) is 5.24. The summed E-state index contributed by atoms with van der Waals surface area (Å²) in [5.74, 6) is 1.83. The first kappa shape index (κ1) is 18.6. The second kappa shape index (κ2) is 8.16. The van der Waals surface area contributed by atoms with Crippen LogP contribution < -0.4 is 14.4 Å². The number of benzene rings is 1. The molecule has 2 saturated heterocycles. The SMILES string of the molecule is COc1cccc(Oc2ccc3nc(N4CCC(N5CCCCC5)C4)sc3c2)n1. The number of hydrogen-bond donors (Lipinski definition) is 0. The lowest BCUT2D eigenvalue weighted by Crippen LogP contribution is -2.40. The van der Waals surface area contributed by atoms with Crippen molar-refractivity contribution in [1.82, 2.24) is 14.9 Å². The minimum atomic E-state index is 0.525. The molecule has 152 valence electrons. The number of piperidine rings is 1. The van der Waals surface area contributed by atoms with Crippen LogP contribution in [-0.2, 0) is 0 Å². The van der Waals surface area contributed by atoms with E-state index in [9.17, 15) is 0 Å². The standard InChI is InChI=1S/C22H26N4O2S/c1-27-20-6-5-7-21(24-20)28-17-8-9-18-19(14-17)29-22(23-18)26-13-10-16(15-26)25-11-3-2-4-12-25/h5-9,14,16H,2-4,10-13,15H2,1H3. The topological polar surface area (TPSA) is 50.7 Å². The average molecular weight is 411 g/mol. The number of anilines is 1. The van der Waals surface area contributed by atoms with Crippen LogP contribution >= 0.6 is 11.3 Å². The van der Waals surface area contributed by atoms with E-state index in [2.05, 4.69) is 20.9 Å². The van der Waals surface area contributed by atoms with Crippen molar-refractivity contribution in [3.05, 3.63) is 36.4 Å². The molecule has 3 aromatic rings. The molecule has 5 rings (SSSR count). The van der Waals surface area contributed by atoms with Gasteiger partial charge in [0.05, 0.1) is 17.3 Å². The lowest BCUT2D eigenvalue weighted by atomic mass is 10.1. The Morgan fingerprint density at radius 3 is 2.72 bits per heavy atom. The van der Waals surface area contributed by atoms with Gasteiger partial charge in [0.1, 0.15) is 5.75 Å². The maximum atomic E-state index is 5.93. The van der Waals surface area contributed by atoms with E-state index in [1.165, 1.54) is 38.8 Å². The van der Waals surface area contributed by atoms with Crippen molar-refractivity contribution < 1.29 is 9.47 Å². The highest BCUT2D eigenvalue weighted by Crippen LogP contribution is 2.35. The van der Waals surface area contributed by atoms with Crippen molar-refractivity contribution in [2.75, 3.05) is 38.2 Å². The second-order valence-electron chi connectivity index (χ2n) is 7.73. The molecule has 7 heteroatoms. The Balaban J connectivity index is 1.30. The lowest BCUT2D eigenvalue weighted by molar-refractivity contribution is 0.175. The van der Waals surface area contributed by atoms with Crippen LogP contribution in [0.2, 0.25) is 0 Å². The maximum Gasteiger partial charge on any atom is 0.222 e. The van der Waals surface area contributed by atoms with Gasteiger partial charge in [-0.2, -0.15) is 4.98 Å². The number of likely N-dealkylation sites (tertiary alicyclic amines) is 1. The predicted octanol–water partition coefficient (Wildman–Crippen LogP) is 4.56. The molecule has 0 radical (unpaired) electrons. The molecule has 0 amide bonds. The van der Waals surface area contributed by atoms with E-state index < -0.39 is 0 Å². The maximum absolute atomic E-state index is 5.93. The van der Waals surface area contributed by atoms with Crippen LogP contribution in [0, 0.1) is 0 Å². The molecule has 29 heavy (non-hydrogen) atoms. The van der Waals surface area contributed by atoms with E-state index in [-0.39, 0.29) is 0 Å². The smallest absolute Gasteiger partial charge is 0.222 e. The van der Waals surface area contributed by atoms with Gasteiger partial charge in [-0.25, -0.2) is 4.98 Å². The van der Waals surface area contributed by atoms with Crippen molar-refractivity contribution in [3.63, 3.8) is 0 Å². The Hall–Kier alpha value is -2.38. The van der Waals surface area contributed by atoms with E-state index in [0.717, 1.165) is 34.2 Å². The summed E-state index contributed by atoms with van der Waals surface area (Å²) in [7, 11) is 1.60. The molecule has 0 saturated carbocycles. The number of methoxy groups -OCH3 is 1. The van der Waals surface area contributed by atoms with Crippen LogP contribution in [-0.4, -0.2) is 54.2 Å². The van der Waals surface area contributed by atoms with Crippen LogP contribution in [0.25, 0.3) is 10.2 Å². The quantitative estimate of drug-likeness (QED) is 0.615. The molecule has 2 aliphatic heterocycles. The molecule has 1 unspecified atom stereocenters. The molecule has 2 aromatic heterocycles. The largest absolute Gasteiger partial charge is 0.481 e. The van der Waals surface area contributed by atoms with Gasteiger partial charge in [0.2, 0.25) is 11.8 Å². The van der Waals surface area contributed by atoms with Crippen molar-refractivity contribution >= 4 is 26.7 Å². The number of fused-ring (bicyclic) bond motifs is 1. The van der Waals surface area contributed by atoms with Crippen LogP contribution in [0.1, 0.15) is 25.7 Å². The van der Waals surface area contributed by atoms with Gasteiger partial charge in [-0.1, -0.05) is 23.8 Å². The van der Waals surface area contributed by atoms with E-state index in [0.29, 0.717) is 17.8 Å². The summed E-state index contributed by atoms with van der Waals surface area (Å²) in [6.45, 7) is 4.71. The molecule has 4 heterocycles. The first-order valence-electron chi connectivity index (χ1n) is 10.4. The van der Waals surface area contributed by atoms with Gasteiger partial charge in [0.15, 0.2) is 5.13 Å². The monoisotopic (exact) mass is 410 g/mol. The Morgan fingerprint density at radius 1 is 1.00 bits per heavy atom. The fourth-order valence-electron chi connectivity index (χ4n) is 4.28. The fraction of sp³-hybridized carbons (Fsp3) is 0.455. The number of hydrogen-bond acceptors (Lipinski definition) is 7. The van der Waals surface area contributed by atoms with E-state index in [1.807, 2.05) is 24.3 Å². The molecule has 6 nitrogen and oxygen atoms in total. The summed E-state index contributed by atoms with van der Waals surface area (Å²) in [4.78, 5) is 14.3. The summed E-state index contributed by atoms with van der Waals surface area (Å²) in [5, 5.41) is 1.12. The summed E-state index contributed by atoms with van der Waals surface area (Å²) in [5.41, 5.74) is 1.03. The van der Waals surface area contributed by atoms with Gasteiger partial charge in [-0.15, -0.1) is 0 Å². The van der Waals surface area contributed by atoms with Crippen LogP contribution in [0.4, 0.5) is 5.13 Å². The molecule has 1 aromatic carbocycles. The highest BCUT2D eigenvalue weighted by Gasteiger charge is 2.29. The minimum absolute atomic E-state index is 0.525. The average Bonchev–Trinajstić information content (AvgIpc) is 3.41. The van der Waals surface area contributed by atoms with Crippen LogP contribution in [0.5, 0.6) is 17.5 Å². The third-order valence-corrected chi connectivity index (χ3v) is 6.90. The van der Waals surface area contributed by atoms with E-state index in [4.69, 9.17) is 14.5 Å². The number of rotatable bonds is 5. The zero-order chi connectivity index (χ0) is 19.6. The Labute approximate surface area is 175 Å². The number of pyridine rings is 1. The minimum Gasteiger partial charge on any atom is -0.481 e. The van der Waals surface area contributed by atoms with E-state index in [1.54, 1.807) is 24.5 Å².